The van der Waals surface area contributed by atoms with Crippen LogP contribution in [0.15, 0.2) is 48.1 Å². The molecule has 1 aromatic rings. The van der Waals surface area contributed by atoms with Crippen LogP contribution in [0.2, 0.25) is 0 Å². The maximum atomic E-state index is 12.1. The number of carbonyl (C=O) groups excluding carboxylic acids is 2. The average Bonchev–Trinajstić information content (AvgIpc) is 3.35. The van der Waals surface area contributed by atoms with Gasteiger partial charge < -0.3 is 25.4 Å². The Morgan fingerprint density at radius 2 is 2.21 bits per heavy atom. The van der Waals surface area contributed by atoms with Gasteiger partial charge in [-0.25, -0.2) is 9.78 Å². The van der Waals surface area contributed by atoms with E-state index in [1.807, 2.05) is 19.1 Å². The topological polar surface area (TPSA) is 102 Å². The lowest BCUT2D eigenvalue weighted by atomic mass is 10.1. The van der Waals surface area contributed by atoms with Crippen molar-refractivity contribution in [2.45, 2.75) is 64.5 Å². The van der Waals surface area contributed by atoms with Gasteiger partial charge in [-0.3, -0.25) is 4.79 Å². The monoisotopic (exact) mass is 452 g/mol. The molecule has 3 aliphatic rings. The van der Waals surface area contributed by atoms with Gasteiger partial charge in [0.05, 0.1) is 12.0 Å². The van der Waals surface area contributed by atoms with Crippen LogP contribution < -0.4 is 20.7 Å². The van der Waals surface area contributed by atoms with Gasteiger partial charge >= 0.3 is 6.03 Å². The molecule has 2 aliphatic heterocycles. The number of ether oxygens (including phenoxy) is 2. The standard InChI is InChI=1S/C25H32N4O4/c1-4-5-6-7-13-27-25(31)29-22-21-16(3)18(33-23(21)22)10-8-15(2)32-19-12-14-26-24-17(19)9-11-20(30)28-24/h8,10,12,14,21-23H,3-7,9,11,13H2,1-2H3,(H,26,28,30)(H2,27,29,31)/b15-8+,18-10+/t21-,22-,23-/m0/s1. The van der Waals surface area contributed by atoms with Gasteiger partial charge in [0.15, 0.2) is 0 Å². The maximum absolute atomic E-state index is 12.1. The van der Waals surface area contributed by atoms with E-state index < -0.39 is 0 Å². The highest BCUT2D eigenvalue weighted by Gasteiger charge is 2.60. The van der Waals surface area contributed by atoms with Crippen LogP contribution in [0, 0.1) is 5.92 Å². The van der Waals surface area contributed by atoms with Crippen LogP contribution in [-0.2, 0) is 16.0 Å². The zero-order valence-electron chi connectivity index (χ0n) is 19.3. The molecule has 1 aromatic heterocycles. The lowest BCUT2D eigenvalue weighted by molar-refractivity contribution is -0.116. The number of pyridine rings is 1. The summed E-state index contributed by atoms with van der Waals surface area (Å²) in [5.74, 6) is 2.73. The van der Waals surface area contributed by atoms with Gasteiger partial charge in [-0.15, -0.1) is 0 Å². The molecule has 0 spiro atoms. The van der Waals surface area contributed by atoms with E-state index in [9.17, 15) is 9.59 Å². The molecule has 0 radical (unpaired) electrons. The van der Waals surface area contributed by atoms with Crippen LogP contribution in [-0.4, -0.2) is 35.6 Å². The Morgan fingerprint density at radius 1 is 1.36 bits per heavy atom. The SMILES string of the molecule is C=C1/C(=C\C=C(/C)Oc2ccnc3c2CCC(=O)N3)O[C@@H]2[C@@H](NC(=O)NCCCCCC)[C@H]12. The van der Waals surface area contributed by atoms with Gasteiger partial charge in [-0.05, 0) is 43.6 Å². The van der Waals surface area contributed by atoms with Crippen LogP contribution in [0.25, 0.3) is 0 Å². The van der Waals surface area contributed by atoms with E-state index in [-0.39, 0.29) is 30.0 Å². The Hall–Kier alpha value is -3.29. The van der Waals surface area contributed by atoms with E-state index in [2.05, 4.69) is 34.4 Å². The third-order valence-corrected chi connectivity index (χ3v) is 6.16. The smallest absolute Gasteiger partial charge is 0.315 e. The number of allylic oxidation sites excluding steroid dienone is 4. The van der Waals surface area contributed by atoms with Crippen LogP contribution >= 0.6 is 0 Å². The Bertz CT molecular complexity index is 1000. The molecule has 1 saturated carbocycles. The fourth-order valence-corrected chi connectivity index (χ4v) is 4.26. The van der Waals surface area contributed by atoms with E-state index in [4.69, 9.17) is 9.47 Å². The average molecular weight is 453 g/mol. The Labute approximate surface area is 194 Å². The second-order valence-electron chi connectivity index (χ2n) is 8.71. The lowest BCUT2D eigenvalue weighted by Crippen LogP contribution is -2.39. The number of urea groups is 1. The van der Waals surface area contributed by atoms with Crippen molar-refractivity contribution >= 4 is 17.8 Å². The fourth-order valence-electron chi connectivity index (χ4n) is 4.26. The fraction of sp³-hybridized carbons (Fsp3) is 0.480. The first-order chi connectivity index (χ1) is 16.0. The van der Waals surface area contributed by atoms with Crippen molar-refractivity contribution < 1.29 is 19.1 Å². The predicted molar refractivity (Wildman–Crippen MR) is 126 cm³/mol. The molecular weight excluding hydrogens is 420 g/mol. The molecule has 3 N–H and O–H groups in total. The Morgan fingerprint density at radius 3 is 2.97 bits per heavy atom. The number of anilines is 1. The van der Waals surface area contributed by atoms with E-state index >= 15 is 0 Å². The molecule has 0 aromatic carbocycles. The molecule has 0 unspecified atom stereocenters. The van der Waals surface area contributed by atoms with E-state index in [1.54, 1.807) is 12.3 Å². The number of nitrogens with zero attached hydrogens (tertiary/aromatic N) is 1. The second kappa shape index (κ2) is 10.1. The minimum atomic E-state index is -0.145. The zero-order valence-corrected chi connectivity index (χ0v) is 19.3. The molecule has 3 amide bonds. The van der Waals surface area contributed by atoms with E-state index in [0.717, 1.165) is 29.7 Å². The number of unbranched alkanes of at least 4 members (excludes halogenated alkanes) is 3. The number of hydrogen-bond donors (Lipinski definition) is 3. The molecule has 3 atom stereocenters. The van der Waals surface area contributed by atoms with Gasteiger partial charge in [0.1, 0.15) is 29.2 Å². The first-order valence-electron chi connectivity index (χ1n) is 11.7. The third kappa shape index (κ3) is 5.38. The number of hydrogen-bond acceptors (Lipinski definition) is 5. The van der Waals surface area contributed by atoms with Crippen molar-refractivity contribution in [2.75, 3.05) is 11.9 Å². The zero-order chi connectivity index (χ0) is 23.4. The number of amides is 3. The molecule has 2 fully saturated rings. The number of carbonyl (C=O) groups is 2. The summed E-state index contributed by atoms with van der Waals surface area (Å²) in [5.41, 5.74) is 1.79. The molecule has 1 saturated heterocycles. The summed E-state index contributed by atoms with van der Waals surface area (Å²) in [6.07, 6.45) is 10.8. The van der Waals surface area contributed by atoms with Gasteiger partial charge in [0, 0.05) is 24.7 Å². The Kier molecular flexibility index (Phi) is 7.01. The minimum absolute atomic E-state index is 0.0230. The first kappa shape index (κ1) is 22.9. The van der Waals surface area contributed by atoms with Crippen molar-refractivity contribution in [2.24, 2.45) is 5.92 Å². The van der Waals surface area contributed by atoms with Crippen LogP contribution in [0.4, 0.5) is 10.6 Å². The predicted octanol–water partition coefficient (Wildman–Crippen LogP) is 3.97. The third-order valence-electron chi connectivity index (χ3n) is 6.16. The summed E-state index contributed by atoms with van der Waals surface area (Å²) in [5, 5.41) is 8.68. The number of rotatable bonds is 9. The maximum Gasteiger partial charge on any atom is 0.315 e. The molecule has 8 heteroatoms. The summed E-state index contributed by atoms with van der Waals surface area (Å²) in [7, 11) is 0. The summed E-state index contributed by atoms with van der Waals surface area (Å²) in [6, 6.07) is 1.63. The number of nitrogens with one attached hydrogen (secondary N) is 3. The summed E-state index contributed by atoms with van der Waals surface area (Å²) in [4.78, 5) is 27.9. The molecule has 1 aliphatic carbocycles. The quantitative estimate of drug-likeness (QED) is 0.389. The van der Waals surface area contributed by atoms with Crippen LogP contribution in [0.5, 0.6) is 5.75 Å². The molecule has 4 rings (SSSR count). The summed E-state index contributed by atoms with van der Waals surface area (Å²) < 4.78 is 12.0. The van der Waals surface area contributed by atoms with Crippen LogP contribution in [0.3, 0.4) is 0 Å². The lowest BCUT2D eigenvalue weighted by Gasteiger charge is -2.18. The molecule has 8 nitrogen and oxygen atoms in total. The van der Waals surface area contributed by atoms with Crippen molar-refractivity contribution in [3.8, 4) is 5.75 Å². The van der Waals surface area contributed by atoms with Crippen molar-refractivity contribution in [3.05, 3.63) is 53.6 Å². The number of aromatic nitrogens is 1. The molecule has 3 heterocycles. The van der Waals surface area contributed by atoms with Crippen LogP contribution in [0.1, 0.15) is 51.5 Å². The Balaban J connectivity index is 1.26. The first-order valence-corrected chi connectivity index (χ1v) is 11.7. The van der Waals surface area contributed by atoms with E-state index in [0.29, 0.717) is 36.7 Å². The van der Waals surface area contributed by atoms with Gasteiger partial charge in [0.25, 0.3) is 0 Å². The molecular formula is C25H32N4O4. The summed E-state index contributed by atoms with van der Waals surface area (Å²) in [6.45, 7) is 8.87. The van der Waals surface area contributed by atoms with Gasteiger partial charge in [0.2, 0.25) is 5.91 Å². The highest BCUT2D eigenvalue weighted by Crippen LogP contribution is 2.50. The van der Waals surface area contributed by atoms with Crippen molar-refractivity contribution in [3.63, 3.8) is 0 Å². The molecule has 0 bridgehead atoms. The highest BCUT2D eigenvalue weighted by atomic mass is 16.5. The largest absolute Gasteiger partial charge is 0.487 e. The van der Waals surface area contributed by atoms with Gasteiger partial charge in [-0.2, -0.15) is 0 Å². The van der Waals surface area contributed by atoms with Gasteiger partial charge in [-0.1, -0.05) is 32.8 Å². The number of fused-ring (bicyclic) bond motifs is 2. The van der Waals surface area contributed by atoms with E-state index in [1.165, 1.54) is 12.8 Å². The normalized spacial score (nSPS) is 24.5. The van der Waals surface area contributed by atoms with Crippen molar-refractivity contribution in [1.29, 1.82) is 0 Å². The molecule has 33 heavy (non-hydrogen) atoms. The minimum Gasteiger partial charge on any atom is -0.487 e. The highest BCUT2D eigenvalue weighted by molar-refractivity contribution is 5.93. The van der Waals surface area contributed by atoms with Crippen molar-refractivity contribution in [1.82, 2.24) is 15.6 Å². The summed E-state index contributed by atoms with van der Waals surface area (Å²) >= 11 is 0. The molecule has 176 valence electrons. The second-order valence-corrected chi connectivity index (χ2v) is 8.71.